The van der Waals surface area contributed by atoms with Gasteiger partial charge in [0, 0.05) is 25.2 Å². The van der Waals surface area contributed by atoms with Crippen LogP contribution in [-0.2, 0) is 4.74 Å². The van der Waals surface area contributed by atoms with Crippen LogP contribution < -0.4 is 9.64 Å². The fraction of sp³-hybridized carbons (Fsp3) is 0.600. The predicted molar refractivity (Wildman–Crippen MR) is 101 cm³/mol. The van der Waals surface area contributed by atoms with Crippen LogP contribution >= 0.6 is 0 Å². The molecule has 9 heteroatoms. The molecule has 2 heterocycles. The van der Waals surface area contributed by atoms with Crippen molar-refractivity contribution in [1.82, 2.24) is 9.55 Å². The highest BCUT2D eigenvalue weighted by molar-refractivity contribution is 5.93. The van der Waals surface area contributed by atoms with Crippen molar-refractivity contribution in [3.63, 3.8) is 0 Å². The van der Waals surface area contributed by atoms with E-state index in [1.165, 1.54) is 11.7 Å². The summed E-state index contributed by atoms with van der Waals surface area (Å²) in [4.78, 5) is 19.4. The van der Waals surface area contributed by atoms with E-state index in [4.69, 9.17) is 9.47 Å². The van der Waals surface area contributed by atoms with Crippen molar-refractivity contribution < 1.29 is 27.4 Å². The van der Waals surface area contributed by atoms with Gasteiger partial charge in [-0.3, -0.25) is 4.79 Å². The van der Waals surface area contributed by atoms with Gasteiger partial charge in [-0.25, -0.2) is 4.57 Å². The molecular weight excluding hydrogens is 387 g/mol. The number of anilines is 1. The second-order valence-electron chi connectivity index (χ2n) is 7.64. The van der Waals surface area contributed by atoms with Crippen LogP contribution in [0.5, 0.6) is 6.01 Å². The fourth-order valence-electron chi connectivity index (χ4n) is 4.03. The largest absolute Gasteiger partial charge is 0.468 e. The van der Waals surface area contributed by atoms with Crippen molar-refractivity contribution in [2.45, 2.75) is 31.9 Å². The van der Waals surface area contributed by atoms with Gasteiger partial charge in [-0.05, 0) is 43.4 Å². The van der Waals surface area contributed by atoms with Crippen molar-refractivity contribution >= 4 is 22.6 Å². The fourth-order valence-corrected chi connectivity index (χ4v) is 4.03. The second kappa shape index (κ2) is 7.85. The zero-order chi connectivity index (χ0) is 20.6. The molecule has 0 bridgehead atoms. The number of imidazole rings is 1. The molecule has 2 unspecified atom stereocenters. The Hall–Kier alpha value is -2.29. The van der Waals surface area contributed by atoms with Crippen LogP contribution in [0.1, 0.15) is 30.5 Å². The minimum Gasteiger partial charge on any atom is -0.468 e. The number of aromatic nitrogens is 2. The first kappa shape index (κ1) is 20.0. The average molecular weight is 411 g/mol. The van der Waals surface area contributed by atoms with Crippen LogP contribution in [0.25, 0.3) is 11.0 Å². The van der Waals surface area contributed by atoms with E-state index in [1.54, 1.807) is 0 Å². The Kier molecular flexibility index (Phi) is 5.42. The second-order valence-corrected chi connectivity index (χ2v) is 7.64. The molecule has 1 aliphatic heterocycles. The SMILES string of the molecule is COc1nc2ccc(N3CCOCC3)cc2n1C(=O)CCCC1CC1C(F)(F)F. The first-order valence-corrected chi connectivity index (χ1v) is 9.87. The lowest BCUT2D eigenvalue weighted by atomic mass is 10.1. The standard InChI is InChI=1S/C20H24F3N3O3/c1-28-19-24-16-6-5-14(25-7-9-29-10-8-25)12-17(16)26(19)18(27)4-2-3-13-11-15(13)20(21,22)23/h5-6,12-13,15H,2-4,7-11H2,1H3. The Morgan fingerprint density at radius 2 is 2.07 bits per heavy atom. The molecule has 2 atom stereocenters. The van der Waals surface area contributed by atoms with Gasteiger partial charge in [-0.1, -0.05) is 0 Å². The molecular formula is C20H24F3N3O3. The van der Waals surface area contributed by atoms with Crippen LogP contribution in [0.2, 0.25) is 0 Å². The van der Waals surface area contributed by atoms with Gasteiger partial charge in [0.05, 0.1) is 37.3 Å². The first-order valence-electron chi connectivity index (χ1n) is 9.87. The predicted octanol–water partition coefficient (Wildman–Crippen LogP) is 3.89. The van der Waals surface area contributed by atoms with Crippen molar-refractivity contribution in [2.24, 2.45) is 11.8 Å². The molecule has 1 saturated heterocycles. The van der Waals surface area contributed by atoms with Gasteiger partial charge >= 0.3 is 12.2 Å². The summed E-state index contributed by atoms with van der Waals surface area (Å²) in [5, 5.41) is 0. The van der Waals surface area contributed by atoms with Crippen LogP contribution in [0.4, 0.5) is 18.9 Å². The van der Waals surface area contributed by atoms with Gasteiger partial charge in [0.2, 0.25) is 5.91 Å². The molecule has 0 spiro atoms. The molecule has 4 rings (SSSR count). The van der Waals surface area contributed by atoms with E-state index in [2.05, 4.69) is 9.88 Å². The topological polar surface area (TPSA) is 56.6 Å². The van der Waals surface area contributed by atoms with Gasteiger partial charge in [0.1, 0.15) is 0 Å². The van der Waals surface area contributed by atoms with Gasteiger partial charge in [-0.15, -0.1) is 0 Å². The number of fused-ring (bicyclic) bond motifs is 1. The summed E-state index contributed by atoms with van der Waals surface area (Å²) in [7, 11) is 1.45. The van der Waals surface area contributed by atoms with Gasteiger partial charge in [-0.2, -0.15) is 18.2 Å². The van der Waals surface area contributed by atoms with Crippen LogP contribution in [0, 0.1) is 11.8 Å². The summed E-state index contributed by atoms with van der Waals surface area (Å²) in [6, 6.07) is 5.92. The maximum absolute atomic E-state index is 12.9. The minimum absolute atomic E-state index is 0.157. The number of morpholine rings is 1. The summed E-state index contributed by atoms with van der Waals surface area (Å²) in [6.07, 6.45) is -2.96. The Morgan fingerprint density at radius 3 is 2.72 bits per heavy atom. The van der Waals surface area contributed by atoms with Crippen molar-refractivity contribution in [3.05, 3.63) is 18.2 Å². The quantitative estimate of drug-likeness (QED) is 0.722. The number of hydrogen-bond donors (Lipinski definition) is 0. The van der Waals surface area contributed by atoms with E-state index in [-0.39, 0.29) is 30.7 Å². The normalized spacial score (nSPS) is 22.1. The molecule has 1 aromatic heterocycles. The highest BCUT2D eigenvalue weighted by Gasteiger charge is 2.54. The highest BCUT2D eigenvalue weighted by Crippen LogP contribution is 2.52. The summed E-state index contributed by atoms with van der Waals surface area (Å²) >= 11 is 0. The minimum atomic E-state index is -4.12. The van der Waals surface area contributed by atoms with Gasteiger partial charge in [0.25, 0.3) is 0 Å². The molecule has 1 aromatic carbocycles. The number of carbonyl (C=O) groups excluding carboxylic acids is 1. The molecule has 2 fully saturated rings. The molecule has 1 aliphatic carbocycles. The number of halogens is 3. The maximum Gasteiger partial charge on any atom is 0.392 e. The number of ether oxygens (including phenoxy) is 2. The zero-order valence-electron chi connectivity index (χ0n) is 16.2. The lowest BCUT2D eigenvalue weighted by molar-refractivity contribution is -0.151. The number of benzene rings is 1. The third-order valence-electron chi connectivity index (χ3n) is 5.72. The summed E-state index contributed by atoms with van der Waals surface area (Å²) in [6.45, 7) is 2.85. The van der Waals surface area contributed by atoms with Gasteiger partial charge < -0.3 is 14.4 Å². The smallest absolute Gasteiger partial charge is 0.392 e. The first-order chi connectivity index (χ1) is 13.9. The maximum atomic E-state index is 12.9. The molecule has 6 nitrogen and oxygen atoms in total. The van der Waals surface area contributed by atoms with E-state index in [9.17, 15) is 18.0 Å². The Morgan fingerprint density at radius 1 is 1.31 bits per heavy atom. The molecule has 2 aliphatic rings. The summed E-state index contributed by atoms with van der Waals surface area (Å²) < 4.78 is 50.1. The van der Waals surface area contributed by atoms with Gasteiger partial charge in [0.15, 0.2) is 0 Å². The van der Waals surface area contributed by atoms with Crippen LogP contribution in [0.3, 0.4) is 0 Å². The number of nitrogens with zero attached hydrogens (tertiary/aromatic N) is 3. The zero-order valence-corrected chi connectivity index (χ0v) is 16.2. The lowest BCUT2D eigenvalue weighted by Crippen LogP contribution is -2.36. The third-order valence-corrected chi connectivity index (χ3v) is 5.72. The molecule has 0 N–H and O–H groups in total. The van der Waals surface area contributed by atoms with E-state index in [0.29, 0.717) is 37.1 Å². The van der Waals surface area contributed by atoms with Crippen LogP contribution in [-0.4, -0.2) is 55.0 Å². The number of alkyl halides is 3. The van der Waals surface area contributed by atoms with Crippen LogP contribution in [0.15, 0.2) is 18.2 Å². The molecule has 2 aromatic rings. The number of hydrogen-bond acceptors (Lipinski definition) is 5. The van der Waals surface area contributed by atoms with E-state index >= 15 is 0 Å². The molecule has 1 saturated carbocycles. The Bertz CT molecular complexity index is 890. The average Bonchev–Trinajstić information content (AvgIpc) is 3.40. The summed E-state index contributed by atoms with van der Waals surface area (Å²) in [5.74, 6) is -1.76. The highest BCUT2D eigenvalue weighted by atomic mass is 19.4. The number of methoxy groups -OCH3 is 1. The van der Waals surface area contributed by atoms with E-state index < -0.39 is 12.1 Å². The molecule has 158 valence electrons. The van der Waals surface area contributed by atoms with E-state index in [0.717, 1.165) is 18.8 Å². The monoisotopic (exact) mass is 411 g/mol. The lowest BCUT2D eigenvalue weighted by Gasteiger charge is -2.28. The summed E-state index contributed by atoms with van der Waals surface area (Å²) in [5.41, 5.74) is 2.27. The van der Waals surface area contributed by atoms with Crippen molar-refractivity contribution in [2.75, 3.05) is 38.3 Å². The number of carbonyl (C=O) groups is 1. The molecule has 0 radical (unpaired) electrons. The Balaban J connectivity index is 1.48. The molecule has 0 amide bonds. The third kappa shape index (κ3) is 4.19. The van der Waals surface area contributed by atoms with Crippen molar-refractivity contribution in [3.8, 4) is 6.01 Å². The molecule has 29 heavy (non-hydrogen) atoms. The van der Waals surface area contributed by atoms with E-state index in [1.807, 2.05) is 18.2 Å². The Labute approximate surface area is 166 Å². The van der Waals surface area contributed by atoms with Crippen molar-refractivity contribution in [1.29, 1.82) is 0 Å². The number of rotatable bonds is 6.